The standard InChI is InChI=1S/C20H27N3O2/c1-16(22-13-19(24)18-7-9-21-10-8-18)20-15-23(11-12-25-20)14-17-5-3-2-4-6-17/h2-10,16,19-20,22,24H,11-15H2,1H3. The number of morpholine rings is 1. The molecule has 0 aliphatic carbocycles. The molecular formula is C20H27N3O2. The molecule has 3 rings (SSSR count). The van der Waals surface area contributed by atoms with Gasteiger partial charge >= 0.3 is 0 Å². The van der Waals surface area contributed by atoms with E-state index >= 15 is 0 Å². The Labute approximate surface area is 149 Å². The van der Waals surface area contributed by atoms with Crippen molar-refractivity contribution in [2.24, 2.45) is 0 Å². The Balaban J connectivity index is 1.47. The van der Waals surface area contributed by atoms with Gasteiger partial charge in [-0.25, -0.2) is 0 Å². The minimum atomic E-state index is -0.533. The van der Waals surface area contributed by atoms with E-state index in [9.17, 15) is 5.11 Å². The molecule has 1 aliphatic rings. The average Bonchev–Trinajstić information content (AvgIpc) is 2.67. The summed E-state index contributed by atoms with van der Waals surface area (Å²) in [7, 11) is 0. The molecule has 0 bridgehead atoms. The number of benzene rings is 1. The normalized spacial score (nSPS) is 21.0. The predicted molar refractivity (Wildman–Crippen MR) is 98.1 cm³/mol. The summed E-state index contributed by atoms with van der Waals surface area (Å²) in [6.45, 7) is 6.18. The smallest absolute Gasteiger partial charge is 0.0915 e. The van der Waals surface area contributed by atoms with Gasteiger partial charge in [-0.3, -0.25) is 9.88 Å². The zero-order valence-electron chi connectivity index (χ0n) is 14.7. The van der Waals surface area contributed by atoms with E-state index in [4.69, 9.17) is 4.74 Å². The lowest BCUT2D eigenvalue weighted by Crippen LogP contribution is -2.51. The number of nitrogens with one attached hydrogen (secondary N) is 1. The Morgan fingerprint density at radius 3 is 2.76 bits per heavy atom. The Bertz CT molecular complexity index is 623. The van der Waals surface area contributed by atoms with Crippen LogP contribution in [-0.2, 0) is 11.3 Å². The van der Waals surface area contributed by atoms with Gasteiger partial charge in [-0.15, -0.1) is 0 Å². The molecule has 1 aromatic heterocycles. The molecule has 5 heteroatoms. The highest BCUT2D eigenvalue weighted by atomic mass is 16.5. The predicted octanol–water partition coefficient (Wildman–Crippen LogP) is 1.99. The highest BCUT2D eigenvalue weighted by Crippen LogP contribution is 2.14. The van der Waals surface area contributed by atoms with Gasteiger partial charge in [-0.1, -0.05) is 30.3 Å². The van der Waals surface area contributed by atoms with Gasteiger partial charge < -0.3 is 15.2 Å². The summed E-state index contributed by atoms with van der Waals surface area (Å²) in [5.74, 6) is 0. The lowest BCUT2D eigenvalue weighted by atomic mass is 10.1. The molecular weight excluding hydrogens is 314 g/mol. The molecule has 0 radical (unpaired) electrons. The third-order valence-corrected chi connectivity index (χ3v) is 4.71. The van der Waals surface area contributed by atoms with Crippen molar-refractivity contribution >= 4 is 0 Å². The van der Waals surface area contributed by atoms with Crippen LogP contribution in [0.4, 0.5) is 0 Å². The van der Waals surface area contributed by atoms with E-state index < -0.39 is 6.10 Å². The topological polar surface area (TPSA) is 57.6 Å². The van der Waals surface area contributed by atoms with Crippen LogP contribution < -0.4 is 5.32 Å². The number of hydrogen-bond donors (Lipinski definition) is 2. The number of aliphatic hydroxyl groups excluding tert-OH is 1. The van der Waals surface area contributed by atoms with Gasteiger partial charge in [0.2, 0.25) is 0 Å². The monoisotopic (exact) mass is 341 g/mol. The zero-order chi connectivity index (χ0) is 17.5. The maximum atomic E-state index is 10.3. The SMILES string of the molecule is CC(NCC(O)c1ccncc1)C1CN(Cc2ccccc2)CCO1. The lowest BCUT2D eigenvalue weighted by Gasteiger charge is -2.36. The summed E-state index contributed by atoms with van der Waals surface area (Å²) in [4.78, 5) is 6.41. The van der Waals surface area contributed by atoms with Crippen molar-refractivity contribution < 1.29 is 9.84 Å². The van der Waals surface area contributed by atoms with Crippen molar-refractivity contribution in [3.63, 3.8) is 0 Å². The molecule has 1 aromatic carbocycles. The van der Waals surface area contributed by atoms with Gasteiger partial charge in [0.05, 0.1) is 18.8 Å². The number of hydrogen-bond acceptors (Lipinski definition) is 5. The molecule has 25 heavy (non-hydrogen) atoms. The number of aliphatic hydroxyl groups is 1. The van der Waals surface area contributed by atoms with Gasteiger partial charge in [-0.05, 0) is 30.2 Å². The first kappa shape index (κ1) is 18.0. The average molecular weight is 341 g/mol. The summed E-state index contributed by atoms with van der Waals surface area (Å²) in [6.07, 6.45) is 3.00. The Morgan fingerprint density at radius 1 is 1.24 bits per heavy atom. The van der Waals surface area contributed by atoms with Crippen LogP contribution in [-0.4, -0.2) is 53.4 Å². The number of aromatic nitrogens is 1. The van der Waals surface area contributed by atoms with E-state index in [1.54, 1.807) is 12.4 Å². The van der Waals surface area contributed by atoms with E-state index in [0.717, 1.165) is 31.8 Å². The van der Waals surface area contributed by atoms with Crippen LogP contribution in [0.3, 0.4) is 0 Å². The van der Waals surface area contributed by atoms with Crippen molar-refractivity contribution in [1.29, 1.82) is 0 Å². The summed E-state index contributed by atoms with van der Waals surface area (Å²) in [5, 5.41) is 13.7. The Morgan fingerprint density at radius 2 is 2.00 bits per heavy atom. The third-order valence-electron chi connectivity index (χ3n) is 4.71. The Hall–Kier alpha value is -1.79. The second kappa shape index (κ2) is 9.06. The minimum Gasteiger partial charge on any atom is -0.387 e. The van der Waals surface area contributed by atoms with E-state index in [2.05, 4.69) is 46.4 Å². The molecule has 0 spiro atoms. The summed E-state index contributed by atoms with van der Waals surface area (Å²) >= 11 is 0. The van der Waals surface area contributed by atoms with Crippen LogP contribution in [0.1, 0.15) is 24.2 Å². The largest absolute Gasteiger partial charge is 0.387 e. The van der Waals surface area contributed by atoms with Crippen LogP contribution in [0.2, 0.25) is 0 Å². The second-order valence-corrected chi connectivity index (χ2v) is 6.62. The maximum Gasteiger partial charge on any atom is 0.0915 e. The molecule has 3 atom stereocenters. The Kier molecular flexibility index (Phi) is 6.53. The minimum absolute atomic E-state index is 0.127. The second-order valence-electron chi connectivity index (χ2n) is 6.62. The van der Waals surface area contributed by atoms with E-state index in [-0.39, 0.29) is 12.1 Å². The third kappa shape index (κ3) is 5.34. The first-order chi connectivity index (χ1) is 12.2. The number of nitrogens with zero attached hydrogens (tertiary/aromatic N) is 2. The van der Waals surface area contributed by atoms with Gasteiger partial charge in [0.25, 0.3) is 0 Å². The molecule has 5 nitrogen and oxygen atoms in total. The molecule has 134 valence electrons. The fourth-order valence-corrected chi connectivity index (χ4v) is 3.15. The highest BCUT2D eigenvalue weighted by Gasteiger charge is 2.25. The van der Waals surface area contributed by atoms with Crippen LogP contribution in [0.15, 0.2) is 54.9 Å². The maximum absolute atomic E-state index is 10.3. The van der Waals surface area contributed by atoms with Crippen LogP contribution >= 0.6 is 0 Å². The number of pyridine rings is 1. The van der Waals surface area contributed by atoms with Gasteiger partial charge in [0, 0.05) is 44.6 Å². The number of rotatable bonds is 7. The van der Waals surface area contributed by atoms with Crippen LogP contribution in [0.5, 0.6) is 0 Å². The summed E-state index contributed by atoms with van der Waals surface area (Å²) in [6, 6.07) is 14.4. The van der Waals surface area contributed by atoms with E-state index in [1.807, 2.05) is 18.2 Å². The molecule has 1 fully saturated rings. The van der Waals surface area contributed by atoms with Crippen LogP contribution in [0.25, 0.3) is 0 Å². The molecule has 2 aromatic rings. The van der Waals surface area contributed by atoms with Crippen molar-refractivity contribution in [3.05, 3.63) is 66.0 Å². The first-order valence-electron chi connectivity index (χ1n) is 8.91. The fraction of sp³-hybridized carbons (Fsp3) is 0.450. The molecule has 2 N–H and O–H groups in total. The quantitative estimate of drug-likeness (QED) is 0.807. The summed E-state index contributed by atoms with van der Waals surface area (Å²) < 4.78 is 5.95. The molecule has 2 heterocycles. The molecule has 1 aliphatic heterocycles. The highest BCUT2D eigenvalue weighted by molar-refractivity contribution is 5.15. The summed E-state index contributed by atoms with van der Waals surface area (Å²) in [5.41, 5.74) is 2.21. The van der Waals surface area contributed by atoms with Crippen molar-refractivity contribution in [3.8, 4) is 0 Å². The fourth-order valence-electron chi connectivity index (χ4n) is 3.15. The van der Waals surface area contributed by atoms with Gasteiger partial charge in [0.1, 0.15) is 0 Å². The van der Waals surface area contributed by atoms with Crippen molar-refractivity contribution in [2.45, 2.75) is 31.7 Å². The van der Waals surface area contributed by atoms with Crippen molar-refractivity contribution in [1.82, 2.24) is 15.2 Å². The first-order valence-corrected chi connectivity index (χ1v) is 8.91. The molecule has 0 amide bonds. The van der Waals surface area contributed by atoms with Crippen molar-refractivity contribution in [2.75, 3.05) is 26.2 Å². The van der Waals surface area contributed by atoms with Gasteiger partial charge in [0.15, 0.2) is 0 Å². The number of ether oxygens (including phenoxy) is 1. The zero-order valence-corrected chi connectivity index (χ0v) is 14.7. The van der Waals surface area contributed by atoms with Gasteiger partial charge in [-0.2, -0.15) is 0 Å². The molecule has 1 saturated heterocycles. The van der Waals surface area contributed by atoms with E-state index in [1.165, 1.54) is 5.56 Å². The molecule has 0 saturated carbocycles. The van der Waals surface area contributed by atoms with E-state index in [0.29, 0.717) is 6.54 Å². The van der Waals surface area contributed by atoms with Crippen LogP contribution in [0, 0.1) is 0 Å². The molecule has 3 unspecified atom stereocenters. The lowest BCUT2D eigenvalue weighted by molar-refractivity contribution is -0.0473.